The highest BCUT2D eigenvalue weighted by molar-refractivity contribution is 7.92. The molecule has 0 radical (unpaired) electrons. The number of hydrogen-bond donors (Lipinski definition) is 1. The number of halogens is 1. The number of rotatable bonds is 6. The smallest absolute Gasteiger partial charge is 0.245 e. The largest absolute Gasteiger partial charge is 0.495 e. The number of sulfonamides is 1. The summed E-state index contributed by atoms with van der Waals surface area (Å²) in [5.74, 6) is -0.955. The molecule has 2 rings (SSSR count). The molecule has 0 bridgehead atoms. The maximum absolute atomic E-state index is 13.6. The van der Waals surface area contributed by atoms with Crippen molar-refractivity contribution >= 4 is 27.3 Å². The Labute approximate surface area is 146 Å². The molecule has 0 saturated heterocycles. The van der Waals surface area contributed by atoms with E-state index in [-0.39, 0.29) is 11.4 Å². The van der Waals surface area contributed by atoms with Crippen LogP contribution in [0.5, 0.6) is 5.75 Å². The number of benzene rings is 2. The molecule has 2 aromatic carbocycles. The normalized spacial score (nSPS) is 11.0. The first-order chi connectivity index (χ1) is 11.7. The number of aryl methyl sites for hydroxylation is 1. The predicted octanol–water partition coefficient (Wildman–Crippen LogP) is 2.55. The third-order valence-corrected chi connectivity index (χ3v) is 4.56. The molecule has 0 spiro atoms. The summed E-state index contributed by atoms with van der Waals surface area (Å²) in [4.78, 5) is 12.3. The monoisotopic (exact) mass is 366 g/mol. The standard InChI is InChI=1S/C17H19FN2O4S/c1-12-8-9-16(24-2)15(10-12)20(25(3,22)23)11-17(21)19-14-7-5-4-6-13(14)18/h4-10H,11H2,1-3H3,(H,19,21). The van der Waals surface area contributed by atoms with Crippen molar-refractivity contribution in [1.82, 2.24) is 0 Å². The van der Waals surface area contributed by atoms with Gasteiger partial charge in [0.1, 0.15) is 18.1 Å². The van der Waals surface area contributed by atoms with Gasteiger partial charge in [-0.1, -0.05) is 18.2 Å². The minimum absolute atomic E-state index is 0.0165. The number of amides is 1. The van der Waals surface area contributed by atoms with Crippen LogP contribution in [0.2, 0.25) is 0 Å². The van der Waals surface area contributed by atoms with Crippen LogP contribution in [0.15, 0.2) is 42.5 Å². The average Bonchev–Trinajstić information content (AvgIpc) is 2.54. The van der Waals surface area contributed by atoms with Gasteiger partial charge < -0.3 is 10.1 Å². The maximum atomic E-state index is 13.6. The molecule has 0 saturated carbocycles. The van der Waals surface area contributed by atoms with E-state index in [9.17, 15) is 17.6 Å². The van der Waals surface area contributed by atoms with Gasteiger partial charge in [0.15, 0.2) is 0 Å². The maximum Gasteiger partial charge on any atom is 0.245 e. The van der Waals surface area contributed by atoms with Gasteiger partial charge in [0.05, 0.1) is 24.7 Å². The minimum atomic E-state index is -3.77. The number of carbonyl (C=O) groups excluding carboxylic acids is 1. The molecular formula is C17H19FN2O4S. The molecule has 0 aliphatic carbocycles. The highest BCUT2D eigenvalue weighted by atomic mass is 32.2. The van der Waals surface area contributed by atoms with E-state index in [0.29, 0.717) is 5.75 Å². The van der Waals surface area contributed by atoms with Gasteiger partial charge in [-0.3, -0.25) is 9.10 Å². The number of para-hydroxylation sites is 1. The lowest BCUT2D eigenvalue weighted by atomic mass is 10.2. The molecule has 1 N–H and O–H groups in total. The van der Waals surface area contributed by atoms with Crippen LogP contribution in [0, 0.1) is 12.7 Å². The summed E-state index contributed by atoms with van der Waals surface area (Å²) in [7, 11) is -2.36. The van der Waals surface area contributed by atoms with Gasteiger partial charge >= 0.3 is 0 Å². The summed E-state index contributed by atoms with van der Waals surface area (Å²) in [5, 5.41) is 2.37. The number of nitrogens with one attached hydrogen (secondary N) is 1. The van der Waals surface area contributed by atoms with Gasteiger partial charge in [0, 0.05) is 0 Å². The third kappa shape index (κ3) is 4.69. The SMILES string of the molecule is COc1ccc(C)cc1N(CC(=O)Nc1ccccc1F)S(C)(=O)=O. The van der Waals surface area contributed by atoms with Crippen LogP contribution in [0.4, 0.5) is 15.8 Å². The highest BCUT2D eigenvalue weighted by Gasteiger charge is 2.24. The van der Waals surface area contributed by atoms with Crippen LogP contribution in [0.3, 0.4) is 0 Å². The Hall–Kier alpha value is -2.61. The molecular weight excluding hydrogens is 347 g/mol. The van der Waals surface area contributed by atoms with Gasteiger partial charge in [0.25, 0.3) is 0 Å². The zero-order valence-corrected chi connectivity index (χ0v) is 14.9. The van der Waals surface area contributed by atoms with E-state index in [2.05, 4.69) is 5.32 Å². The lowest BCUT2D eigenvalue weighted by molar-refractivity contribution is -0.114. The second-order valence-corrected chi connectivity index (χ2v) is 7.38. The van der Waals surface area contributed by atoms with Crippen molar-refractivity contribution in [2.24, 2.45) is 0 Å². The summed E-state index contributed by atoms with van der Waals surface area (Å²) < 4.78 is 44.1. The minimum Gasteiger partial charge on any atom is -0.495 e. The first-order valence-electron chi connectivity index (χ1n) is 7.39. The second-order valence-electron chi connectivity index (χ2n) is 5.47. The fourth-order valence-electron chi connectivity index (χ4n) is 2.26. The van der Waals surface area contributed by atoms with Crippen molar-refractivity contribution < 1.29 is 22.3 Å². The molecule has 0 unspecified atom stereocenters. The van der Waals surface area contributed by atoms with E-state index in [4.69, 9.17) is 4.74 Å². The summed E-state index contributed by atoms with van der Waals surface area (Å²) in [6.07, 6.45) is 0.991. The van der Waals surface area contributed by atoms with Crippen molar-refractivity contribution in [3.8, 4) is 5.75 Å². The van der Waals surface area contributed by atoms with E-state index in [1.165, 1.54) is 25.3 Å². The zero-order chi connectivity index (χ0) is 18.6. The van der Waals surface area contributed by atoms with Crippen molar-refractivity contribution in [2.45, 2.75) is 6.92 Å². The molecule has 1 amide bonds. The number of carbonyl (C=O) groups is 1. The summed E-state index contributed by atoms with van der Waals surface area (Å²) in [6, 6.07) is 10.6. The average molecular weight is 366 g/mol. The molecule has 0 aliphatic rings. The number of hydrogen-bond acceptors (Lipinski definition) is 4. The Morgan fingerprint density at radius 3 is 2.52 bits per heavy atom. The first-order valence-corrected chi connectivity index (χ1v) is 9.24. The Morgan fingerprint density at radius 1 is 1.24 bits per heavy atom. The van der Waals surface area contributed by atoms with Gasteiger partial charge in [-0.05, 0) is 36.8 Å². The second kappa shape index (κ2) is 7.52. The quantitative estimate of drug-likeness (QED) is 0.852. The van der Waals surface area contributed by atoms with Crippen LogP contribution in [-0.2, 0) is 14.8 Å². The Bertz CT molecular complexity index is 884. The molecule has 25 heavy (non-hydrogen) atoms. The Kier molecular flexibility index (Phi) is 5.63. The van der Waals surface area contributed by atoms with Gasteiger partial charge in [-0.15, -0.1) is 0 Å². The topological polar surface area (TPSA) is 75.7 Å². The highest BCUT2D eigenvalue weighted by Crippen LogP contribution is 2.31. The Balaban J connectivity index is 2.32. The molecule has 8 heteroatoms. The molecule has 2 aromatic rings. The van der Waals surface area contributed by atoms with E-state index in [1.54, 1.807) is 31.2 Å². The summed E-state index contributed by atoms with van der Waals surface area (Å²) in [6.45, 7) is 1.29. The van der Waals surface area contributed by atoms with E-state index in [1.807, 2.05) is 0 Å². The van der Waals surface area contributed by atoms with Crippen molar-refractivity contribution in [3.63, 3.8) is 0 Å². The van der Waals surface area contributed by atoms with E-state index >= 15 is 0 Å². The van der Waals surface area contributed by atoms with Crippen LogP contribution < -0.4 is 14.4 Å². The third-order valence-electron chi connectivity index (χ3n) is 3.44. The molecule has 134 valence electrons. The number of nitrogens with zero attached hydrogens (tertiary/aromatic N) is 1. The van der Waals surface area contributed by atoms with Crippen LogP contribution >= 0.6 is 0 Å². The lowest BCUT2D eigenvalue weighted by Crippen LogP contribution is -2.37. The molecule has 0 aliphatic heterocycles. The van der Waals surface area contributed by atoms with Crippen LogP contribution in [-0.4, -0.2) is 34.2 Å². The van der Waals surface area contributed by atoms with Crippen LogP contribution in [0.25, 0.3) is 0 Å². The van der Waals surface area contributed by atoms with Crippen molar-refractivity contribution in [2.75, 3.05) is 29.5 Å². The number of anilines is 2. The van der Waals surface area contributed by atoms with Crippen molar-refractivity contribution in [3.05, 3.63) is 53.8 Å². The van der Waals surface area contributed by atoms with Gasteiger partial charge in [0.2, 0.25) is 15.9 Å². The first kappa shape index (κ1) is 18.7. The molecule has 0 fully saturated rings. The van der Waals surface area contributed by atoms with E-state index in [0.717, 1.165) is 16.1 Å². The molecule has 6 nitrogen and oxygen atoms in total. The van der Waals surface area contributed by atoms with Gasteiger partial charge in [-0.25, -0.2) is 12.8 Å². The van der Waals surface area contributed by atoms with Gasteiger partial charge in [-0.2, -0.15) is 0 Å². The van der Waals surface area contributed by atoms with E-state index < -0.39 is 28.3 Å². The predicted molar refractivity (Wildman–Crippen MR) is 95.0 cm³/mol. The fraction of sp³-hybridized carbons (Fsp3) is 0.235. The summed E-state index contributed by atoms with van der Waals surface area (Å²) >= 11 is 0. The molecule has 0 aromatic heterocycles. The fourth-order valence-corrected chi connectivity index (χ4v) is 3.11. The lowest BCUT2D eigenvalue weighted by Gasteiger charge is -2.24. The van der Waals surface area contributed by atoms with Crippen molar-refractivity contribution in [1.29, 1.82) is 0 Å². The Morgan fingerprint density at radius 2 is 1.92 bits per heavy atom. The zero-order valence-electron chi connectivity index (χ0n) is 14.1. The number of methoxy groups -OCH3 is 1. The molecule has 0 atom stereocenters. The summed E-state index contributed by atoms with van der Waals surface area (Å²) in [5.41, 5.74) is 1.03. The molecule has 0 heterocycles. The number of ether oxygens (including phenoxy) is 1. The van der Waals surface area contributed by atoms with Crippen LogP contribution in [0.1, 0.15) is 5.56 Å².